The number of nitrogens with zero attached hydrogens (tertiary/aromatic N) is 3. The number of nitrogens with one attached hydrogen (secondary N) is 2. The van der Waals surface area contributed by atoms with Crippen molar-refractivity contribution in [2.24, 2.45) is 0 Å². The van der Waals surface area contributed by atoms with Gasteiger partial charge in [0, 0.05) is 24.0 Å². The first kappa shape index (κ1) is 13.0. The third-order valence-corrected chi connectivity index (χ3v) is 3.68. The molecule has 0 spiro atoms. The van der Waals surface area contributed by atoms with Crippen LogP contribution in [0.4, 0.5) is 6.01 Å². The molecule has 18 heavy (non-hydrogen) atoms. The first-order chi connectivity index (χ1) is 8.70. The van der Waals surface area contributed by atoms with Gasteiger partial charge in [0.05, 0.1) is 11.0 Å². The van der Waals surface area contributed by atoms with Gasteiger partial charge in [-0.2, -0.15) is 0 Å². The molecule has 0 aliphatic rings. The summed E-state index contributed by atoms with van der Waals surface area (Å²) in [5.74, 6) is 0.906. The van der Waals surface area contributed by atoms with Crippen LogP contribution in [-0.4, -0.2) is 28.8 Å². The molecule has 6 nitrogen and oxygen atoms in total. The lowest BCUT2D eigenvalue weighted by Crippen LogP contribution is -2.12. The first-order valence-electron chi connectivity index (χ1n) is 5.84. The van der Waals surface area contributed by atoms with Crippen LogP contribution in [0.25, 0.3) is 0 Å². The fourth-order valence-electron chi connectivity index (χ4n) is 1.41. The predicted octanol–water partition coefficient (Wildman–Crippen LogP) is 2.02. The molecule has 0 saturated heterocycles. The highest BCUT2D eigenvalue weighted by atomic mass is 32.1. The van der Waals surface area contributed by atoms with E-state index in [0.29, 0.717) is 17.8 Å². The SMILES string of the molecule is CNC(C)c1nnc(NCC(C)c2nccs2)o1. The lowest BCUT2D eigenvalue weighted by atomic mass is 10.2. The second kappa shape index (κ2) is 5.92. The Morgan fingerprint density at radius 2 is 2.22 bits per heavy atom. The van der Waals surface area contributed by atoms with Crippen molar-refractivity contribution in [3.05, 3.63) is 22.5 Å². The molecule has 0 radical (unpaired) electrons. The quantitative estimate of drug-likeness (QED) is 0.834. The summed E-state index contributed by atoms with van der Waals surface area (Å²) in [6.07, 6.45) is 1.82. The Bertz CT molecular complexity index is 469. The van der Waals surface area contributed by atoms with Crippen molar-refractivity contribution in [3.8, 4) is 0 Å². The van der Waals surface area contributed by atoms with E-state index in [1.165, 1.54) is 0 Å². The topological polar surface area (TPSA) is 75.9 Å². The van der Waals surface area contributed by atoms with Crippen LogP contribution in [0.5, 0.6) is 0 Å². The number of thiazole rings is 1. The summed E-state index contributed by atoms with van der Waals surface area (Å²) in [5, 5.41) is 17.2. The zero-order chi connectivity index (χ0) is 13.0. The van der Waals surface area contributed by atoms with E-state index in [1.807, 2.05) is 25.5 Å². The Hall–Kier alpha value is -1.47. The Kier molecular flexibility index (Phi) is 4.27. The molecular formula is C11H17N5OS. The summed E-state index contributed by atoms with van der Waals surface area (Å²) in [4.78, 5) is 4.28. The molecule has 2 aromatic rings. The fraction of sp³-hybridized carbons (Fsp3) is 0.545. The normalized spacial score (nSPS) is 14.4. The van der Waals surface area contributed by atoms with E-state index in [-0.39, 0.29) is 6.04 Å². The third-order valence-electron chi connectivity index (χ3n) is 2.68. The summed E-state index contributed by atoms with van der Waals surface area (Å²) in [6.45, 7) is 4.80. The number of rotatable bonds is 6. The molecule has 0 aliphatic carbocycles. The molecule has 0 saturated carbocycles. The maximum atomic E-state index is 5.49. The zero-order valence-corrected chi connectivity index (χ0v) is 11.5. The van der Waals surface area contributed by atoms with Gasteiger partial charge in [0.1, 0.15) is 0 Å². The van der Waals surface area contributed by atoms with Crippen molar-refractivity contribution in [2.75, 3.05) is 18.9 Å². The average molecular weight is 267 g/mol. The van der Waals surface area contributed by atoms with Crippen LogP contribution in [0, 0.1) is 0 Å². The molecule has 98 valence electrons. The van der Waals surface area contributed by atoms with E-state index >= 15 is 0 Å². The van der Waals surface area contributed by atoms with E-state index in [0.717, 1.165) is 11.6 Å². The lowest BCUT2D eigenvalue weighted by molar-refractivity contribution is 0.440. The number of hydrogen-bond donors (Lipinski definition) is 2. The van der Waals surface area contributed by atoms with E-state index in [2.05, 4.69) is 32.7 Å². The van der Waals surface area contributed by atoms with Crippen LogP contribution >= 0.6 is 11.3 Å². The molecule has 0 bridgehead atoms. The molecule has 7 heteroatoms. The van der Waals surface area contributed by atoms with Crippen molar-refractivity contribution in [3.63, 3.8) is 0 Å². The van der Waals surface area contributed by atoms with Gasteiger partial charge in [0.15, 0.2) is 0 Å². The minimum absolute atomic E-state index is 0.0597. The minimum Gasteiger partial charge on any atom is -0.406 e. The summed E-state index contributed by atoms with van der Waals surface area (Å²) in [7, 11) is 1.85. The molecule has 2 unspecified atom stereocenters. The Labute approximate surface area is 110 Å². The van der Waals surface area contributed by atoms with E-state index in [4.69, 9.17) is 4.42 Å². The smallest absolute Gasteiger partial charge is 0.315 e. The van der Waals surface area contributed by atoms with Crippen molar-refractivity contribution < 1.29 is 4.42 Å². The maximum absolute atomic E-state index is 5.49. The van der Waals surface area contributed by atoms with Gasteiger partial charge in [-0.25, -0.2) is 4.98 Å². The Balaban J connectivity index is 1.88. The summed E-state index contributed by atoms with van der Waals surface area (Å²) < 4.78 is 5.49. The summed E-state index contributed by atoms with van der Waals surface area (Å²) in [5.41, 5.74) is 0. The second-order valence-corrected chi connectivity index (χ2v) is 5.03. The predicted molar refractivity (Wildman–Crippen MR) is 70.8 cm³/mol. The molecular weight excluding hydrogens is 250 g/mol. The number of anilines is 1. The van der Waals surface area contributed by atoms with Crippen LogP contribution in [0.1, 0.15) is 36.7 Å². The average Bonchev–Trinajstić information content (AvgIpc) is 3.05. The van der Waals surface area contributed by atoms with Gasteiger partial charge in [-0.1, -0.05) is 12.0 Å². The Morgan fingerprint density at radius 3 is 2.89 bits per heavy atom. The van der Waals surface area contributed by atoms with Gasteiger partial charge in [-0.3, -0.25) is 0 Å². The van der Waals surface area contributed by atoms with Gasteiger partial charge in [0.25, 0.3) is 0 Å². The molecule has 0 amide bonds. The molecule has 2 aromatic heterocycles. The zero-order valence-electron chi connectivity index (χ0n) is 10.7. The molecule has 0 fully saturated rings. The fourth-order valence-corrected chi connectivity index (χ4v) is 2.11. The number of aromatic nitrogens is 3. The monoisotopic (exact) mass is 267 g/mol. The first-order valence-corrected chi connectivity index (χ1v) is 6.72. The molecule has 2 N–H and O–H groups in total. The van der Waals surface area contributed by atoms with Gasteiger partial charge in [-0.05, 0) is 14.0 Å². The van der Waals surface area contributed by atoms with Gasteiger partial charge >= 0.3 is 6.01 Å². The largest absolute Gasteiger partial charge is 0.406 e. The number of hydrogen-bond acceptors (Lipinski definition) is 7. The van der Waals surface area contributed by atoms with Crippen LogP contribution in [0.2, 0.25) is 0 Å². The van der Waals surface area contributed by atoms with Crippen LogP contribution in [0.3, 0.4) is 0 Å². The van der Waals surface area contributed by atoms with E-state index in [1.54, 1.807) is 11.3 Å². The van der Waals surface area contributed by atoms with Gasteiger partial charge in [0.2, 0.25) is 5.89 Å². The molecule has 2 atom stereocenters. The van der Waals surface area contributed by atoms with Crippen molar-refractivity contribution in [2.45, 2.75) is 25.8 Å². The molecule has 2 heterocycles. The van der Waals surface area contributed by atoms with Crippen LogP contribution in [0.15, 0.2) is 16.0 Å². The van der Waals surface area contributed by atoms with E-state index < -0.39 is 0 Å². The summed E-state index contributed by atoms with van der Waals surface area (Å²) >= 11 is 1.65. The highest BCUT2D eigenvalue weighted by Gasteiger charge is 2.13. The second-order valence-electron chi connectivity index (χ2n) is 4.11. The Morgan fingerprint density at radius 1 is 1.39 bits per heavy atom. The molecule has 0 aromatic carbocycles. The molecule has 0 aliphatic heterocycles. The van der Waals surface area contributed by atoms with Crippen LogP contribution < -0.4 is 10.6 Å². The van der Waals surface area contributed by atoms with Crippen molar-refractivity contribution >= 4 is 17.4 Å². The lowest BCUT2D eigenvalue weighted by Gasteiger charge is -2.07. The van der Waals surface area contributed by atoms with E-state index in [9.17, 15) is 0 Å². The van der Waals surface area contributed by atoms with Crippen molar-refractivity contribution in [1.29, 1.82) is 0 Å². The third kappa shape index (κ3) is 3.05. The standard InChI is InChI=1S/C11H17N5OS/c1-7(10-13-4-5-18-10)6-14-11-16-15-9(17-11)8(2)12-3/h4-5,7-8,12H,6H2,1-3H3,(H,14,16). The highest BCUT2D eigenvalue weighted by molar-refractivity contribution is 7.09. The highest BCUT2D eigenvalue weighted by Crippen LogP contribution is 2.19. The van der Waals surface area contributed by atoms with Gasteiger partial charge < -0.3 is 15.1 Å². The minimum atomic E-state index is 0.0597. The van der Waals surface area contributed by atoms with Crippen LogP contribution in [-0.2, 0) is 0 Å². The molecule has 2 rings (SSSR count). The van der Waals surface area contributed by atoms with Crippen molar-refractivity contribution in [1.82, 2.24) is 20.5 Å². The van der Waals surface area contributed by atoms with Gasteiger partial charge in [-0.15, -0.1) is 16.4 Å². The summed E-state index contributed by atoms with van der Waals surface area (Å²) in [6, 6.07) is 0.514. The maximum Gasteiger partial charge on any atom is 0.315 e.